The fourth-order valence-corrected chi connectivity index (χ4v) is 4.13. The number of aliphatic imine (C=N–C) groups is 1. The summed E-state index contributed by atoms with van der Waals surface area (Å²) in [5.74, 6) is 0.115. The van der Waals surface area contributed by atoms with Crippen molar-refractivity contribution < 1.29 is 13.5 Å². The van der Waals surface area contributed by atoms with Crippen LogP contribution in [0.25, 0.3) is 0 Å². The second kappa shape index (κ2) is 8.16. The molecule has 2 N–H and O–H groups in total. The monoisotopic (exact) mass is 458 g/mol. The Balaban J connectivity index is 1.79. The second-order valence-corrected chi connectivity index (χ2v) is 8.98. The van der Waals surface area contributed by atoms with Crippen LogP contribution in [0, 0.1) is 13.8 Å². The zero-order chi connectivity index (χ0) is 20.3. The highest BCUT2D eigenvalue weighted by molar-refractivity contribution is 9.10. The molecule has 5 nitrogen and oxygen atoms in total. The number of phenols is 1. The van der Waals surface area contributed by atoms with Gasteiger partial charge in [-0.2, -0.15) is 0 Å². The molecule has 0 spiro atoms. The number of phenolic OH excluding ortho intramolecular Hbond substituents is 1. The van der Waals surface area contributed by atoms with E-state index in [9.17, 15) is 13.5 Å². The van der Waals surface area contributed by atoms with Crippen LogP contribution in [0.5, 0.6) is 5.75 Å². The van der Waals surface area contributed by atoms with E-state index in [0.29, 0.717) is 16.9 Å². The van der Waals surface area contributed by atoms with Crippen LogP contribution in [0.3, 0.4) is 0 Å². The van der Waals surface area contributed by atoms with Crippen LogP contribution < -0.4 is 4.72 Å². The maximum Gasteiger partial charge on any atom is 0.261 e. The van der Waals surface area contributed by atoms with Crippen molar-refractivity contribution in [3.63, 3.8) is 0 Å². The summed E-state index contributed by atoms with van der Waals surface area (Å²) < 4.78 is 28.7. The van der Waals surface area contributed by atoms with E-state index < -0.39 is 10.0 Å². The number of sulfonamides is 1. The van der Waals surface area contributed by atoms with Crippen molar-refractivity contribution in [1.82, 2.24) is 0 Å². The maximum atomic E-state index is 12.6. The number of hydrogen-bond donors (Lipinski definition) is 2. The van der Waals surface area contributed by atoms with Crippen LogP contribution in [0.4, 0.5) is 11.4 Å². The average molecular weight is 459 g/mol. The van der Waals surface area contributed by atoms with Gasteiger partial charge in [-0.05, 0) is 67.9 Å². The molecule has 0 aliphatic rings. The summed E-state index contributed by atoms with van der Waals surface area (Å²) in [4.78, 5) is 4.44. The lowest BCUT2D eigenvalue weighted by atomic mass is 10.1. The summed E-state index contributed by atoms with van der Waals surface area (Å²) in [6.07, 6.45) is 1.53. The average Bonchev–Trinajstić information content (AvgIpc) is 2.65. The molecule has 0 bridgehead atoms. The molecule has 0 aromatic heterocycles. The molecule has 0 heterocycles. The van der Waals surface area contributed by atoms with E-state index in [2.05, 4.69) is 25.6 Å². The molecule has 0 saturated carbocycles. The number of nitrogens with one attached hydrogen (secondary N) is 1. The van der Waals surface area contributed by atoms with Crippen molar-refractivity contribution in [2.75, 3.05) is 4.72 Å². The Morgan fingerprint density at radius 3 is 2.39 bits per heavy atom. The van der Waals surface area contributed by atoms with Gasteiger partial charge in [0.05, 0.1) is 16.3 Å². The molecule has 0 unspecified atom stereocenters. The summed E-state index contributed by atoms with van der Waals surface area (Å²) in [7, 11) is -3.69. The van der Waals surface area contributed by atoms with Gasteiger partial charge in [0.2, 0.25) is 0 Å². The van der Waals surface area contributed by atoms with Crippen LogP contribution in [0.1, 0.15) is 16.7 Å². The molecule has 0 aliphatic carbocycles. The highest BCUT2D eigenvalue weighted by Crippen LogP contribution is 2.24. The minimum Gasteiger partial charge on any atom is -0.507 e. The number of aryl methyl sites for hydroxylation is 2. The fraction of sp³-hybridized carbons (Fsp3) is 0.0952. The number of aromatic hydroxyl groups is 1. The topological polar surface area (TPSA) is 78.8 Å². The molecule has 0 atom stereocenters. The molecule has 3 rings (SSSR count). The standard InChI is InChI=1S/C21H19BrN2O3S/c1-14-3-9-20(15(2)11-14)24-28(26,27)19-7-5-18(6-8-19)23-13-16-12-17(22)4-10-21(16)25/h3-13,24-25H,1-2H3. The zero-order valence-corrected chi connectivity index (χ0v) is 17.8. The quantitative estimate of drug-likeness (QED) is 0.507. The van der Waals surface area contributed by atoms with E-state index in [-0.39, 0.29) is 10.6 Å². The second-order valence-electron chi connectivity index (χ2n) is 6.38. The first-order valence-electron chi connectivity index (χ1n) is 8.47. The fourth-order valence-electron chi connectivity index (χ4n) is 2.62. The third-order valence-corrected chi connectivity index (χ3v) is 5.99. The zero-order valence-electron chi connectivity index (χ0n) is 15.3. The number of hydrogen-bond acceptors (Lipinski definition) is 4. The predicted molar refractivity (Wildman–Crippen MR) is 116 cm³/mol. The van der Waals surface area contributed by atoms with Gasteiger partial charge >= 0.3 is 0 Å². The molecular formula is C21H19BrN2O3S. The minimum absolute atomic E-state index is 0.115. The van der Waals surface area contributed by atoms with Crippen molar-refractivity contribution in [2.45, 2.75) is 18.7 Å². The Bertz CT molecular complexity index is 1140. The SMILES string of the molecule is Cc1ccc(NS(=O)(=O)c2ccc(N=Cc3cc(Br)ccc3O)cc2)c(C)c1. The molecule has 28 heavy (non-hydrogen) atoms. The third kappa shape index (κ3) is 4.79. The molecule has 0 radical (unpaired) electrons. The van der Waals surface area contributed by atoms with Crippen molar-refractivity contribution in [3.8, 4) is 5.75 Å². The van der Waals surface area contributed by atoms with Crippen LogP contribution in [0.2, 0.25) is 0 Å². The molecule has 0 fully saturated rings. The summed E-state index contributed by atoms with van der Waals surface area (Å²) in [6, 6.07) is 16.8. The van der Waals surface area contributed by atoms with Gasteiger partial charge in [-0.25, -0.2) is 8.42 Å². The van der Waals surface area contributed by atoms with Crippen molar-refractivity contribution >= 4 is 43.5 Å². The van der Waals surface area contributed by atoms with Gasteiger partial charge in [-0.3, -0.25) is 9.71 Å². The van der Waals surface area contributed by atoms with E-state index in [1.807, 2.05) is 26.0 Å². The van der Waals surface area contributed by atoms with Crippen molar-refractivity contribution in [2.24, 2.45) is 4.99 Å². The van der Waals surface area contributed by atoms with Crippen molar-refractivity contribution in [3.05, 3.63) is 81.8 Å². The summed E-state index contributed by atoms with van der Waals surface area (Å²) in [6.45, 7) is 3.82. The van der Waals surface area contributed by atoms with Gasteiger partial charge in [-0.15, -0.1) is 0 Å². The lowest BCUT2D eigenvalue weighted by molar-refractivity contribution is 0.474. The van der Waals surface area contributed by atoms with Gasteiger partial charge in [0.25, 0.3) is 10.0 Å². The number of nitrogens with zero attached hydrogens (tertiary/aromatic N) is 1. The first kappa shape index (κ1) is 20.1. The van der Waals surface area contributed by atoms with Gasteiger partial charge in [0.1, 0.15) is 5.75 Å². The molecule has 7 heteroatoms. The van der Waals surface area contributed by atoms with E-state index in [1.54, 1.807) is 36.4 Å². The van der Waals surface area contributed by atoms with Gasteiger partial charge in [0, 0.05) is 16.3 Å². The number of halogens is 1. The van der Waals surface area contributed by atoms with Crippen molar-refractivity contribution in [1.29, 1.82) is 0 Å². The Labute approximate surface area is 173 Å². The molecule has 144 valence electrons. The number of rotatable bonds is 5. The Hall–Kier alpha value is -2.64. The van der Waals surface area contributed by atoms with Crippen LogP contribution in [0.15, 0.2) is 75.0 Å². The summed E-state index contributed by atoms with van der Waals surface area (Å²) >= 11 is 3.34. The van der Waals surface area contributed by atoms with E-state index >= 15 is 0 Å². The number of benzene rings is 3. The van der Waals surface area contributed by atoms with Crippen LogP contribution in [-0.4, -0.2) is 19.7 Å². The van der Waals surface area contributed by atoms with Gasteiger partial charge < -0.3 is 5.11 Å². The highest BCUT2D eigenvalue weighted by atomic mass is 79.9. The van der Waals surface area contributed by atoms with E-state index in [1.165, 1.54) is 18.3 Å². The highest BCUT2D eigenvalue weighted by Gasteiger charge is 2.15. The smallest absolute Gasteiger partial charge is 0.261 e. The normalized spacial score (nSPS) is 11.7. The third-order valence-electron chi connectivity index (χ3n) is 4.12. The molecular weight excluding hydrogens is 440 g/mol. The number of anilines is 1. The van der Waals surface area contributed by atoms with E-state index in [4.69, 9.17) is 0 Å². The summed E-state index contributed by atoms with van der Waals surface area (Å²) in [5.41, 5.74) is 3.61. The molecule has 0 saturated heterocycles. The van der Waals surface area contributed by atoms with Crippen LogP contribution in [-0.2, 0) is 10.0 Å². The first-order chi connectivity index (χ1) is 13.2. The molecule has 0 amide bonds. The van der Waals surface area contributed by atoms with Gasteiger partial charge in [0.15, 0.2) is 0 Å². The predicted octanol–water partition coefficient (Wildman–Crippen LogP) is 5.32. The lowest BCUT2D eigenvalue weighted by Gasteiger charge is -2.11. The lowest BCUT2D eigenvalue weighted by Crippen LogP contribution is -2.13. The molecule has 3 aromatic carbocycles. The van der Waals surface area contributed by atoms with E-state index in [0.717, 1.165) is 15.6 Å². The van der Waals surface area contributed by atoms with Crippen LogP contribution >= 0.6 is 15.9 Å². The summed E-state index contributed by atoms with van der Waals surface area (Å²) in [5, 5.41) is 9.84. The molecule has 3 aromatic rings. The maximum absolute atomic E-state index is 12.6. The first-order valence-corrected chi connectivity index (χ1v) is 10.7. The molecule has 0 aliphatic heterocycles. The Morgan fingerprint density at radius 2 is 1.71 bits per heavy atom. The largest absolute Gasteiger partial charge is 0.507 e. The van der Waals surface area contributed by atoms with Gasteiger partial charge in [-0.1, -0.05) is 33.6 Å². The Morgan fingerprint density at radius 1 is 1.00 bits per heavy atom. The Kier molecular flexibility index (Phi) is 5.86. The minimum atomic E-state index is -3.69.